The monoisotopic (exact) mass is 355 g/mol. The standard InChI is InChI=1S/C11H21N3O2.HI/c1-11(2,3)16-10(15)14-6-4-8(5-7-14)9(12)13;/h8H,4-7H2,1-3H3,(H3,12,13);1H. The third kappa shape index (κ3) is 5.56. The summed E-state index contributed by atoms with van der Waals surface area (Å²) in [7, 11) is 0. The number of carbonyl (C=O) groups is 1. The SMILES string of the molecule is CC(C)(C)OC(=O)N1CCC(C(=N)N)CC1.I. The van der Waals surface area contributed by atoms with Gasteiger partial charge in [0.2, 0.25) is 0 Å². The Balaban J connectivity index is 0.00000256. The van der Waals surface area contributed by atoms with E-state index in [0.717, 1.165) is 12.8 Å². The molecule has 1 aliphatic rings. The van der Waals surface area contributed by atoms with Gasteiger partial charge in [0.15, 0.2) is 0 Å². The molecular formula is C11H22IN3O2. The van der Waals surface area contributed by atoms with Gasteiger partial charge in [-0.15, -0.1) is 24.0 Å². The van der Waals surface area contributed by atoms with Crippen molar-refractivity contribution < 1.29 is 9.53 Å². The lowest BCUT2D eigenvalue weighted by molar-refractivity contribution is 0.0201. The van der Waals surface area contributed by atoms with Gasteiger partial charge in [-0.3, -0.25) is 5.41 Å². The van der Waals surface area contributed by atoms with Gasteiger partial charge in [-0.1, -0.05) is 0 Å². The first kappa shape index (κ1) is 16.5. The number of halogens is 1. The van der Waals surface area contributed by atoms with Gasteiger partial charge in [-0.2, -0.15) is 0 Å². The number of rotatable bonds is 1. The van der Waals surface area contributed by atoms with E-state index in [-0.39, 0.29) is 41.8 Å². The van der Waals surface area contributed by atoms with Gasteiger partial charge in [0.05, 0.1) is 5.84 Å². The van der Waals surface area contributed by atoms with E-state index >= 15 is 0 Å². The number of nitrogens with two attached hydrogens (primary N) is 1. The molecule has 0 aromatic carbocycles. The molecule has 1 rings (SSSR count). The van der Waals surface area contributed by atoms with Crippen molar-refractivity contribution in [2.24, 2.45) is 11.7 Å². The molecule has 0 unspecified atom stereocenters. The van der Waals surface area contributed by atoms with E-state index in [1.165, 1.54) is 0 Å². The van der Waals surface area contributed by atoms with E-state index in [4.69, 9.17) is 15.9 Å². The van der Waals surface area contributed by atoms with Crippen LogP contribution in [0.25, 0.3) is 0 Å². The number of hydrogen-bond acceptors (Lipinski definition) is 3. The van der Waals surface area contributed by atoms with Crippen molar-refractivity contribution in [3.05, 3.63) is 0 Å². The first-order valence-corrected chi connectivity index (χ1v) is 5.61. The number of amidine groups is 1. The Morgan fingerprint density at radius 3 is 2.18 bits per heavy atom. The first-order chi connectivity index (χ1) is 7.29. The molecule has 17 heavy (non-hydrogen) atoms. The predicted molar refractivity (Wildman–Crippen MR) is 77.9 cm³/mol. The van der Waals surface area contributed by atoms with Crippen molar-refractivity contribution in [2.45, 2.75) is 39.2 Å². The van der Waals surface area contributed by atoms with Gasteiger partial charge in [0, 0.05) is 19.0 Å². The molecule has 3 N–H and O–H groups in total. The van der Waals surface area contributed by atoms with Crippen molar-refractivity contribution in [1.82, 2.24) is 4.90 Å². The maximum Gasteiger partial charge on any atom is 0.410 e. The van der Waals surface area contributed by atoms with E-state index in [2.05, 4.69) is 0 Å². The molecule has 5 nitrogen and oxygen atoms in total. The van der Waals surface area contributed by atoms with Crippen LogP contribution in [0.3, 0.4) is 0 Å². The summed E-state index contributed by atoms with van der Waals surface area (Å²) in [5.74, 6) is 0.350. The van der Waals surface area contributed by atoms with E-state index in [0.29, 0.717) is 13.1 Å². The number of hydrogen-bond donors (Lipinski definition) is 2. The number of likely N-dealkylation sites (tertiary alicyclic amines) is 1. The topological polar surface area (TPSA) is 79.4 Å². The van der Waals surface area contributed by atoms with Gasteiger partial charge in [0.25, 0.3) is 0 Å². The molecule has 0 radical (unpaired) electrons. The Hall–Kier alpha value is -0.530. The molecule has 1 amide bonds. The third-order valence-electron chi connectivity index (χ3n) is 2.59. The van der Waals surface area contributed by atoms with Gasteiger partial charge in [0.1, 0.15) is 5.60 Å². The number of nitrogens with zero attached hydrogens (tertiary/aromatic N) is 1. The van der Waals surface area contributed by atoms with Crippen LogP contribution in [0, 0.1) is 11.3 Å². The quantitative estimate of drug-likeness (QED) is 0.430. The summed E-state index contributed by atoms with van der Waals surface area (Å²) < 4.78 is 5.27. The molecule has 0 aromatic rings. The smallest absolute Gasteiger partial charge is 0.410 e. The summed E-state index contributed by atoms with van der Waals surface area (Å²) in [5, 5.41) is 7.35. The van der Waals surface area contributed by atoms with Crippen LogP contribution in [-0.4, -0.2) is 35.5 Å². The number of ether oxygens (including phenoxy) is 1. The zero-order valence-electron chi connectivity index (χ0n) is 10.7. The second kappa shape index (κ2) is 6.42. The Kier molecular flexibility index (Phi) is 6.22. The van der Waals surface area contributed by atoms with E-state index in [1.807, 2.05) is 20.8 Å². The highest BCUT2D eigenvalue weighted by Gasteiger charge is 2.27. The fraction of sp³-hybridized carbons (Fsp3) is 0.818. The van der Waals surface area contributed by atoms with Crippen LogP contribution < -0.4 is 5.73 Å². The zero-order valence-corrected chi connectivity index (χ0v) is 13.0. The summed E-state index contributed by atoms with van der Waals surface area (Å²) in [6, 6.07) is 0. The fourth-order valence-corrected chi connectivity index (χ4v) is 1.70. The molecular weight excluding hydrogens is 333 g/mol. The maximum atomic E-state index is 11.7. The predicted octanol–water partition coefficient (Wildman–Crippen LogP) is 2.19. The van der Waals surface area contributed by atoms with Crippen LogP contribution in [0.4, 0.5) is 4.79 Å². The van der Waals surface area contributed by atoms with Gasteiger partial charge < -0.3 is 15.4 Å². The van der Waals surface area contributed by atoms with Crippen molar-refractivity contribution in [2.75, 3.05) is 13.1 Å². The van der Waals surface area contributed by atoms with Crippen LogP contribution in [0.15, 0.2) is 0 Å². The van der Waals surface area contributed by atoms with Crippen LogP contribution >= 0.6 is 24.0 Å². The van der Waals surface area contributed by atoms with Crippen molar-refractivity contribution >= 4 is 35.9 Å². The minimum atomic E-state index is -0.450. The lowest BCUT2D eigenvalue weighted by Gasteiger charge is -2.32. The average molecular weight is 355 g/mol. The second-order valence-electron chi connectivity index (χ2n) is 5.20. The van der Waals surface area contributed by atoms with Gasteiger partial charge in [-0.05, 0) is 33.6 Å². The van der Waals surface area contributed by atoms with Gasteiger partial charge in [-0.25, -0.2) is 4.79 Å². The molecule has 100 valence electrons. The van der Waals surface area contributed by atoms with Crippen LogP contribution in [0.2, 0.25) is 0 Å². The van der Waals surface area contributed by atoms with Crippen LogP contribution in [0.5, 0.6) is 0 Å². The number of nitrogens with one attached hydrogen (secondary N) is 1. The van der Waals surface area contributed by atoms with Crippen molar-refractivity contribution in [3.63, 3.8) is 0 Å². The van der Waals surface area contributed by atoms with Crippen molar-refractivity contribution in [3.8, 4) is 0 Å². The molecule has 0 bridgehead atoms. The molecule has 6 heteroatoms. The zero-order chi connectivity index (χ0) is 12.3. The summed E-state index contributed by atoms with van der Waals surface area (Å²) in [6.07, 6.45) is 1.25. The summed E-state index contributed by atoms with van der Waals surface area (Å²) in [5.41, 5.74) is 4.99. The summed E-state index contributed by atoms with van der Waals surface area (Å²) >= 11 is 0. The highest BCUT2D eigenvalue weighted by Crippen LogP contribution is 2.19. The normalized spacial score (nSPS) is 17.2. The highest BCUT2D eigenvalue weighted by molar-refractivity contribution is 14.0. The van der Waals surface area contributed by atoms with Crippen LogP contribution in [-0.2, 0) is 4.74 Å². The second-order valence-corrected chi connectivity index (χ2v) is 5.20. The molecule has 0 spiro atoms. The number of amides is 1. The van der Waals surface area contributed by atoms with Crippen molar-refractivity contribution in [1.29, 1.82) is 5.41 Å². The highest BCUT2D eigenvalue weighted by atomic mass is 127. The number of carbonyl (C=O) groups excluding carboxylic acids is 1. The number of piperidine rings is 1. The largest absolute Gasteiger partial charge is 0.444 e. The average Bonchev–Trinajstić information content (AvgIpc) is 2.15. The molecule has 0 saturated carbocycles. The molecule has 1 fully saturated rings. The van der Waals surface area contributed by atoms with Crippen LogP contribution in [0.1, 0.15) is 33.6 Å². The molecule has 1 aliphatic heterocycles. The minimum Gasteiger partial charge on any atom is -0.444 e. The Morgan fingerprint density at radius 1 is 1.35 bits per heavy atom. The lowest BCUT2D eigenvalue weighted by Crippen LogP contribution is -2.43. The molecule has 0 aromatic heterocycles. The molecule has 1 saturated heterocycles. The maximum absolute atomic E-state index is 11.7. The Morgan fingerprint density at radius 2 is 1.82 bits per heavy atom. The molecule has 0 atom stereocenters. The molecule has 1 heterocycles. The van der Waals surface area contributed by atoms with Gasteiger partial charge >= 0.3 is 6.09 Å². The lowest BCUT2D eigenvalue weighted by atomic mass is 9.96. The third-order valence-corrected chi connectivity index (χ3v) is 2.59. The van der Waals surface area contributed by atoms with E-state index in [9.17, 15) is 4.79 Å². The first-order valence-electron chi connectivity index (χ1n) is 5.61. The Labute approximate surface area is 120 Å². The summed E-state index contributed by atoms with van der Waals surface area (Å²) in [6.45, 7) is 6.81. The van der Waals surface area contributed by atoms with E-state index < -0.39 is 5.60 Å². The fourth-order valence-electron chi connectivity index (χ4n) is 1.70. The minimum absolute atomic E-state index is 0. The molecule has 0 aliphatic carbocycles. The summed E-state index contributed by atoms with van der Waals surface area (Å²) in [4.78, 5) is 13.4. The van der Waals surface area contributed by atoms with E-state index in [1.54, 1.807) is 4.90 Å². The Bertz CT molecular complexity index is 281.